The molecule has 0 atom stereocenters. The van der Waals surface area contributed by atoms with Crippen LogP contribution in [0.25, 0.3) is 0 Å². The molecule has 0 aliphatic carbocycles. The van der Waals surface area contributed by atoms with Gasteiger partial charge in [-0.2, -0.15) is 0 Å². The Kier molecular flexibility index (Phi) is 3.24. The van der Waals surface area contributed by atoms with Crippen molar-refractivity contribution in [1.29, 1.82) is 0 Å². The highest BCUT2D eigenvalue weighted by molar-refractivity contribution is 5.76. The molecule has 1 rings (SSSR count). The Bertz CT molecular complexity index is 353. The Balaban J connectivity index is 3.30. The molecule has 1 aromatic rings. The highest BCUT2D eigenvalue weighted by Gasteiger charge is 2.15. The SMILES string of the molecule is Cc1cc(C=O)c(CN)nc1C(F)F. The van der Waals surface area contributed by atoms with Crippen LogP contribution in [0.2, 0.25) is 0 Å². The van der Waals surface area contributed by atoms with Gasteiger partial charge in [-0.15, -0.1) is 0 Å². The third-order valence-corrected chi connectivity index (χ3v) is 1.89. The summed E-state index contributed by atoms with van der Waals surface area (Å²) in [4.78, 5) is 14.2. The minimum atomic E-state index is -2.64. The third kappa shape index (κ3) is 1.93. The first-order chi connectivity index (χ1) is 6.60. The van der Waals surface area contributed by atoms with Crippen LogP contribution in [0.5, 0.6) is 0 Å². The van der Waals surface area contributed by atoms with Gasteiger partial charge in [0, 0.05) is 12.1 Å². The number of pyridine rings is 1. The molecular formula is C9H10F2N2O. The minimum Gasteiger partial charge on any atom is -0.325 e. The van der Waals surface area contributed by atoms with E-state index in [1.165, 1.54) is 13.0 Å². The number of alkyl halides is 2. The molecule has 3 nitrogen and oxygen atoms in total. The summed E-state index contributed by atoms with van der Waals surface area (Å²) in [6.45, 7) is 1.47. The molecule has 0 aromatic carbocycles. The van der Waals surface area contributed by atoms with Gasteiger partial charge in [0.25, 0.3) is 6.43 Å². The van der Waals surface area contributed by atoms with Crippen LogP contribution < -0.4 is 5.73 Å². The molecule has 0 radical (unpaired) electrons. The second-order valence-electron chi connectivity index (χ2n) is 2.85. The standard InChI is InChI=1S/C9H10F2N2O/c1-5-2-6(4-14)7(3-12)13-8(5)9(10)11/h2,4,9H,3,12H2,1H3. The Hall–Kier alpha value is -1.36. The van der Waals surface area contributed by atoms with Crippen molar-refractivity contribution in [3.05, 3.63) is 28.6 Å². The van der Waals surface area contributed by atoms with Crippen molar-refractivity contribution in [3.63, 3.8) is 0 Å². The summed E-state index contributed by atoms with van der Waals surface area (Å²) in [7, 11) is 0. The van der Waals surface area contributed by atoms with Gasteiger partial charge in [0.05, 0.1) is 5.69 Å². The fourth-order valence-corrected chi connectivity index (χ4v) is 1.18. The lowest BCUT2D eigenvalue weighted by molar-refractivity contribution is 0.112. The molecule has 0 aliphatic rings. The molecule has 0 spiro atoms. The largest absolute Gasteiger partial charge is 0.325 e. The summed E-state index contributed by atoms with van der Waals surface area (Å²) in [6, 6.07) is 1.38. The van der Waals surface area contributed by atoms with Gasteiger partial charge < -0.3 is 5.73 Å². The van der Waals surface area contributed by atoms with E-state index in [9.17, 15) is 13.6 Å². The fourth-order valence-electron chi connectivity index (χ4n) is 1.18. The van der Waals surface area contributed by atoms with Gasteiger partial charge in [-0.3, -0.25) is 4.79 Å². The summed E-state index contributed by atoms with van der Waals surface area (Å²) >= 11 is 0. The summed E-state index contributed by atoms with van der Waals surface area (Å²) in [6.07, 6.45) is -2.07. The lowest BCUT2D eigenvalue weighted by Gasteiger charge is -2.08. The first kappa shape index (κ1) is 10.7. The summed E-state index contributed by atoms with van der Waals surface area (Å²) < 4.78 is 24.8. The maximum atomic E-state index is 12.4. The predicted molar refractivity (Wildman–Crippen MR) is 47.2 cm³/mol. The average molecular weight is 200 g/mol. The molecule has 0 saturated carbocycles. The van der Waals surface area contributed by atoms with Gasteiger partial charge in [-0.1, -0.05) is 0 Å². The van der Waals surface area contributed by atoms with Crippen molar-refractivity contribution in [3.8, 4) is 0 Å². The first-order valence-corrected chi connectivity index (χ1v) is 4.04. The monoisotopic (exact) mass is 200 g/mol. The zero-order valence-corrected chi connectivity index (χ0v) is 7.63. The van der Waals surface area contributed by atoms with E-state index in [1.54, 1.807) is 0 Å². The van der Waals surface area contributed by atoms with E-state index in [2.05, 4.69) is 4.98 Å². The molecule has 5 heteroatoms. The average Bonchev–Trinajstić information content (AvgIpc) is 2.16. The first-order valence-electron chi connectivity index (χ1n) is 4.04. The highest BCUT2D eigenvalue weighted by Crippen LogP contribution is 2.21. The van der Waals surface area contributed by atoms with Gasteiger partial charge in [0.2, 0.25) is 0 Å². The van der Waals surface area contributed by atoms with E-state index in [4.69, 9.17) is 5.73 Å². The number of hydrogen-bond acceptors (Lipinski definition) is 3. The lowest BCUT2D eigenvalue weighted by Crippen LogP contribution is -2.08. The topological polar surface area (TPSA) is 56.0 Å². The quantitative estimate of drug-likeness (QED) is 0.754. The zero-order chi connectivity index (χ0) is 10.7. The molecule has 14 heavy (non-hydrogen) atoms. The van der Waals surface area contributed by atoms with Crippen molar-refractivity contribution in [1.82, 2.24) is 4.98 Å². The van der Waals surface area contributed by atoms with Crippen LogP contribution in [-0.2, 0) is 6.54 Å². The second-order valence-corrected chi connectivity index (χ2v) is 2.85. The van der Waals surface area contributed by atoms with E-state index in [-0.39, 0.29) is 23.5 Å². The summed E-state index contributed by atoms with van der Waals surface area (Å²) in [5, 5.41) is 0. The van der Waals surface area contributed by atoms with Crippen LogP contribution >= 0.6 is 0 Å². The Morgan fingerprint density at radius 2 is 2.29 bits per heavy atom. The van der Waals surface area contributed by atoms with Crippen LogP contribution in [0, 0.1) is 6.92 Å². The molecule has 1 aromatic heterocycles. The number of nitrogens with zero attached hydrogens (tertiary/aromatic N) is 1. The van der Waals surface area contributed by atoms with Gasteiger partial charge in [-0.25, -0.2) is 13.8 Å². The summed E-state index contributed by atoms with van der Waals surface area (Å²) in [5.74, 6) is 0. The molecule has 0 bridgehead atoms. The lowest BCUT2D eigenvalue weighted by atomic mass is 10.1. The molecule has 2 N–H and O–H groups in total. The second kappa shape index (κ2) is 4.23. The Morgan fingerprint density at radius 3 is 2.71 bits per heavy atom. The number of aromatic nitrogens is 1. The van der Waals surface area contributed by atoms with Gasteiger partial charge in [-0.05, 0) is 18.6 Å². The normalized spacial score (nSPS) is 10.6. The molecule has 0 fully saturated rings. The number of nitrogens with two attached hydrogens (primary N) is 1. The van der Waals surface area contributed by atoms with Gasteiger partial charge >= 0.3 is 0 Å². The van der Waals surface area contributed by atoms with E-state index in [0.717, 1.165) is 0 Å². The third-order valence-electron chi connectivity index (χ3n) is 1.89. The number of halogens is 2. The van der Waals surface area contributed by atoms with Crippen LogP contribution in [0.15, 0.2) is 6.07 Å². The highest BCUT2D eigenvalue weighted by atomic mass is 19.3. The van der Waals surface area contributed by atoms with Crippen molar-refractivity contribution < 1.29 is 13.6 Å². The van der Waals surface area contributed by atoms with Crippen LogP contribution in [0.4, 0.5) is 8.78 Å². The van der Waals surface area contributed by atoms with Gasteiger partial charge in [0.1, 0.15) is 5.69 Å². The van der Waals surface area contributed by atoms with Crippen LogP contribution in [0.1, 0.15) is 33.7 Å². The van der Waals surface area contributed by atoms with E-state index >= 15 is 0 Å². The van der Waals surface area contributed by atoms with Crippen molar-refractivity contribution in [2.75, 3.05) is 0 Å². The molecule has 0 saturated heterocycles. The molecule has 0 unspecified atom stereocenters. The van der Waals surface area contributed by atoms with E-state index < -0.39 is 6.43 Å². The molecule has 76 valence electrons. The minimum absolute atomic E-state index is 0.0198. The predicted octanol–water partition coefficient (Wildman–Crippen LogP) is 1.60. The number of carbonyl (C=O) groups excluding carboxylic acids is 1. The van der Waals surface area contributed by atoms with Crippen LogP contribution in [0.3, 0.4) is 0 Å². The maximum absolute atomic E-state index is 12.4. The number of hydrogen-bond donors (Lipinski definition) is 1. The number of aldehydes is 1. The van der Waals surface area contributed by atoms with E-state index in [1.807, 2.05) is 0 Å². The maximum Gasteiger partial charge on any atom is 0.280 e. The van der Waals surface area contributed by atoms with E-state index in [0.29, 0.717) is 11.8 Å². The zero-order valence-electron chi connectivity index (χ0n) is 7.63. The van der Waals surface area contributed by atoms with Gasteiger partial charge in [0.15, 0.2) is 6.29 Å². The van der Waals surface area contributed by atoms with Crippen molar-refractivity contribution in [2.45, 2.75) is 19.9 Å². The molecule has 0 amide bonds. The van der Waals surface area contributed by atoms with Crippen molar-refractivity contribution in [2.24, 2.45) is 5.73 Å². The number of carbonyl (C=O) groups is 1. The summed E-state index contributed by atoms with van der Waals surface area (Å²) in [5.41, 5.74) is 5.76. The number of aryl methyl sites for hydroxylation is 1. The Morgan fingerprint density at radius 1 is 1.64 bits per heavy atom. The fraction of sp³-hybridized carbons (Fsp3) is 0.333. The number of rotatable bonds is 3. The molecule has 0 aliphatic heterocycles. The molecule has 1 heterocycles. The Labute approximate surface area is 79.9 Å². The van der Waals surface area contributed by atoms with Crippen molar-refractivity contribution >= 4 is 6.29 Å². The van der Waals surface area contributed by atoms with Crippen LogP contribution in [-0.4, -0.2) is 11.3 Å². The smallest absolute Gasteiger partial charge is 0.280 e. The molecular weight excluding hydrogens is 190 g/mol.